The summed E-state index contributed by atoms with van der Waals surface area (Å²) in [7, 11) is 0. The van der Waals surface area contributed by atoms with Crippen LogP contribution < -0.4 is 11.3 Å². The third-order valence-electron chi connectivity index (χ3n) is 3.01. The summed E-state index contributed by atoms with van der Waals surface area (Å²) in [5.41, 5.74) is 1.30. The van der Waals surface area contributed by atoms with Gasteiger partial charge in [-0.15, -0.1) is 0 Å². The average Bonchev–Trinajstić information content (AvgIpc) is 2.43. The fourth-order valence-corrected chi connectivity index (χ4v) is 2.47. The van der Waals surface area contributed by atoms with Crippen LogP contribution in [0.4, 0.5) is 17.6 Å². The van der Waals surface area contributed by atoms with Crippen LogP contribution in [0.1, 0.15) is 22.7 Å². The van der Waals surface area contributed by atoms with Crippen molar-refractivity contribution in [1.29, 1.82) is 0 Å². The highest BCUT2D eigenvalue weighted by Crippen LogP contribution is 2.37. The number of nitrogens with two attached hydrogens (primary N) is 1. The Balaban J connectivity index is 2.60. The minimum absolute atomic E-state index is 0.0311. The molecule has 1 atom stereocenters. The van der Waals surface area contributed by atoms with Gasteiger partial charge in [0.25, 0.3) is 0 Å². The maximum absolute atomic E-state index is 13.9. The zero-order valence-electron chi connectivity index (χ0n) is 10.6. The molecule has 112 valence electrons. The predicted molar refractivity (Wildman–Crippen MR) is 74.7 cm³/mol. The Morgan fingerprint density at radius 1 is 1.05 bits per heavy atom. The number of hydrogen-bond acceptors (Lipinski definition) is 2. The lowest BCUT2D eigenvalue weighted by atomic mass is 9.94. The molecule has 0 saturated carbocycles. The molecule has 0 spiro atoms. The van der Waals surface area contributed by atoms with Crippen LogP contribution in [-0.4, -0.2) is 0 Å². The van der Waals surface area contributed by atoms with Gasteiger partial charge in [-0.25, -0.2) is 9.82 Å². The highest BCUT2D eigenvalue weighted by Gasteiger charge is 2.35. The first-order valence-corrected chi connectivity index (χ1v) is 6.71. The summed E-state index contributed by atoms with van der Waals surface area (Å²) < 4.78 is 53.7. The standard InChI is InChI=1S/C14H11BrF4N2/c15-8-5-6-12(16)10(7-8)13(21-20)9-3-1-2-4-11(9)14(17,18)19/h1-7,13,21H,20H2. The SMILES string of the molecule is NNC(c1cc(Br)ccc1F)c1ccccc1C(F)(F)F. The topological polar surface area (TPSA) is 38.0 Å². The molecule has 2 nitrogen and oxygen atoms in total. The molecule has 0 fully saturated rings. The summed E-state index contributed by atoms with van der Waals surface area (Å²) >= 11 is 3.17. The van der Waals surface area contributed by atoms with Crippen molar-refractivity contribution in [3.63, 3.8) is 0 Å². The Labute approximate surface area is 127 Å². The summed E-state index contributed by atoms with van der Waals surface area (Å²) in [5, 5.41) is 0. The lowest BCUT2D eigenvalue weighted by molar-refractivity contribution is -0.138. The normalized spacial score (nSPS) is 13.2. The second-order valence-electron chi connectivity index (χ2n) is 4.35. The molecule has 2 aromatic carbocycles. The molecular formula is C14H11BrF4N2. The number of alkyl halides is 3. The molecule has 0 radical (unpaired) electrons. The van der Waals surface area contributed by atoms with E-state index in [-0.39, 0.29) is 11.1 Å². The van der Waals surface area contributed by atoms with Gasteiger partial charge >= 0.3 is 6.18 Å². The van der Waals surface area contributed by atoms with Crippen molar-refractivity contribution in [1.82, 2.24) is 5.43 Å². The van der Waals surface area contributed by atoms with Crippen LogP contribution in [0, 0.1) is 5.82 Å². The van der Waals surface area contributed by atoms with Crippen molar-refractivity contribution >= 4 is 15.9 Å². The van der Waals surface area contributed by atoms with E-state index in [9.17, 15) is 17.6 Å². The highest BCUT2D eigenvalue weighted by atomic mass is 79.9. The average molecular weight is 363 g/mol. The van der Waals surface area contributed by atoms with E-state index >= 15 is 0 Å². The van der Waals surface area contributed by atoms with Crippen LogP contribution in [0.25, 0.3) is 0 Å². The third-order valence-corrected chi connectivity index (χ3v) is 3.51. The molecule has 0 bridgehead atoms. The Bertz CT molecular complexity index is 643. The van der Waals surface area contributed by atoms with Crippen LogP contribution >= 0.6 is 15.9 Å². The number of hydrazine groups is 1. The van der Waals surface area contributed by atoms with Crippen molar-refractivity contribution in [2.75, 3.05) is 0 Å². The second kappa shape index (κ2) is 6.13. The van der Waals surface area contributed by atoms with Crippen molar-refractivity contribution in [3.8, 4) is 0 Å². The van der Waals surface area contributed by atoms with E-state index in [1.165, 1.54) is 36.4 Å². The maximum Gasteiger partial charge on any atom is 0.416 e. The van der Waals surface area contributed by atoms with Crippen molar-refractivity contribution in [2.24, 2.45) is 5.84 Å². The lowest BCUT2D eigenvalue weighted by Crippen LogP contribution is -2.31. The summed E-state index contributed by atoms with van der Waals surface area (Å²) in [4.78, 5) is 0. The molecule has 0 aliphatic rings. The number of halogens is 5. The first-order chi connectivity index (χ1) is 9.84. The smallest absolute Gasteiger partial charge is 0.271 e. The van der Waals surface area contributed by atoms with Gasteiger partial charge in [0.15, 0.2) is 0 Å². The molecule has 7 heteroatoms. The summed E-state index contributed by atoms with van der Waals surface area (Å²) in [6, 6.07) is 7.85. The molecule has 0 aromatic heterocycles. The van der Waals surface area contributed by atoms with Crippen LogP contribution in [-0.2, 0) is 6.18 Å². The second-order valence-corrected chi connectivity index (χ2v) is 5.27. The van der Waals surface area contributed by atoms with E-state index < -0.39 is 23.6 Å². The molecule has 0 heterocycles. The predicted octanol–water partition coefficient (Wildman–Crippen LogP) is 4.16. The Hall–Kier alpha value is -1.44. The zero-order chi connectivity index (χ0) is 15.6. The van der Waals surface area contributed by atoms with E-state index in [0.29, 0.717) is 4.47 Å². The van der Waals surface area contributed by atoms with Gasteiger partial charge in [-0.3, -0.25) is 5.84 Å². The largest absolute Gasteiger partial charge is 0.416 e. The highest BCUT2D eigenvalue weighted by molar-refractivity contribution is 9.10. The molecule has 3 N–H and O–H groups in total. The molecule has 0 amide bonds. The number of rotatable bonds is 3. The monoisotopic (exact) mass is 362 g/mol. The van der Waals surface area contributed by atoms with Gasteiger partial charge in [0.05, 0.1) is 11.6 Å². The van der Waals surface area contributed by atoms with Gasteiger partial charge in [-0.2, -0.15) is 13.2 Å². The first kappa shape index (κ1) is 15.9. The number of benzene rings is 2. The minimum Gasteiger partial charge on any atom is -0.271 e. The molecule has 1 unspecified atom stereocenters. The van der Waals surface area contributed by atoms with Gasteiger partial charge in [0.1, 0.15) is 5.82 Å². The quantitative estimate of drug-likeness (QED) is 0.488. The van der Waals surface area contributed by atoms with E-state index in [2.05, 4.69) is 21.4 Å². The first-order valence-electron chi connectivity index (χ1n) is 5.91. The van der Waals surface area contributed by atoms with Gasteiger partial charge in [0, 0.05) is 10.0 Å². The van der Waals surface area contributed by atoms with Gasteiger partial charge in [-0.1, -0.05) is 34.1 Å². The van der Waals surface area contributed by atoms with Crippen LogP contribution in [0.5, 0.6) is 0 Å². The zero-order valence-corrected chi connectivity index (χ0v) is 12.2. The van der Waals surface area contributed by atoms with Crippen molar-refractivity contribution in [3.05, 3.63) is 69.4 Å². The molecule has 0 aliphatic heterocycles. The van der Waals surface area contributed by atoms with Gasteiger partial charge < -0.3 is 0 Å². The summed E-state index contributed by atoms with van der Waals surface area (Å²) in [5.74, 6) is 4.73. The van der Waals surface area contributed by atoms with E-state index in [4.69, 9.17) is 5.84 Å². The van der Waals surface area contributed by atoms with Crippen molar-refractivity contribution < 1.29 is 17.6 Å². The van der Waals surface area contributed by atoms with E-state index in [1.807, 2.05) is 0 Å². The van der Waals surface area contributed by atoms with Gasteiger partial charge in [0.2, 0.25) is 0 Å². The molecular weight excluding hydrogens is 352 g/mol. The fraction of sp³-hybridized carbons (Fsp3) is 0.143. The lowest BCUT2D eigenvalue weighted by Gasteiger charge is -2.22. The Kier molecular flexibility index (Phi) is 4.65. The third kappa shape index (κ3) is 3.42. The van der Waals surface area contributed by atoms with Gasteiger partial charge in [-0.05, 0) is 29.8 Å². The Morgan fingerprint density at radius 3 is 2.33 bits per heavy atom. The van der Waals surface area contributed by atoms with Crippen LogP contribution in [0.2, 0.25) is 0 Å². The molecule has 0 saturated heterocycles. The number of nitrogens with one attached hydrogen (secondary N) is 1. The maximum atomic E-state index is 13.9. The number of hydrogen-bond donors (Lipinski definition) is 2. The summed E-state index contributed by atoms with van der Waals surface area (Å²) in [6.45, 7) is 0. The molecule has 0 aliphatic carbocycles. The fourth-order valence-electron chi connectivity index (χ4n) is 2.09. The van der Waals surface area contributed by atoms with Crippen molar-refractivity contribution in [2.45, 2.75) is 12.2 Å². The molecule has 21 heavy (non-hydrogen) atoms. The van der Waals surface area contributed by atoms with Crippen LogP contribution in [0.15, 0.2) is 46.9 Å². The summed E-state index contributed by atoms with van der Waals surface area (Å²) in [6.07, 6.45) is -4.55. The molecule has 2 aromatic rings. The van der Waals surface area contributed by atoms with E-state index in [0.717, 1.165) is 6.07 Å². The van der Waals surface area contributed by atoms with Crippen LogP contribution in [0.3, 0.4) is 0 Å². The minimum atomic E-state index is -4.55. The van der Waals surface area contributed by atoms with E-state index in [1.54, 1.807) is 0 Å². The molecule has 2 rings (SSSR count). The Morgan fingerprint density at radius 2 is 1.71 bits per heavy atom.